The second kappa shape index (κ2) is 8.14. The number of likely N-dealkylation sites (N-methyl/N-ethyl adjacent to an activating group) is 1. The van der Waals surface area contributed by atoms with Gasteiger partial charge in [-0.1, -0.05) is 24.3 Å². The number of pyridine rings is 1. The lowest BCUT2D eigenvalue weighted by molar-refractivity contribution is 0.0952. The van der Waals surface area contributed by atoms with Gasteiger partial charge in [0.2, 0.25) is 0 Å². The van der Waals surface area contributed by atoms with Crippen molar-refractivity contribution in [2.45, 2.75) is 0 Å². The SMILES string of the molecule is COc1cccc2cc3cccc(C(=O)NCCN(C)C)c3nc12.Cl. The zero-order valence-electron chi connectivity index (χ0n) is 14.6. The lowest BCUT2D eigenvalue weighted by Crippen LogP contribution is -2.31. The number of benzene rings is 2. The Hall–Kier alpha value is -2.37. The predicted octanol–water partition coefficient (Wildman–Crippen LogP) is 3.11. The summed E-state index contributed by atoms with van der Waals surface area (Å²) < 4.78 is 5.40. The molecule has 0 aliphatic carbocycles. The Bertz CT molecular complexity index is 896. The zero-order valence-corrected chi connectivity index (χ0v) is 15.4. The van der Waals surface area contributed by atoms with Crippen LogP contribution in [-0.2, 0) is 0 Å². The summed E-state index contributed by atoms with van der Waals surface area (Å²) in [6.45, 7) is 1.39. The molecular formula is C19H22ClN3O2. The summed E-state index contributed by atoms with van der Waals surface area (Å²) >= 11 is 0. The molecule has 0 aliphatic heterocycles. The highest BCUT2D eigenvalue weighted by molar-refractivity contribution is 6.08. The molecular weight excluding hydrogens is 338 g/mol. The molecule has 0 radical (unpaired) electrons. The van der Waals surface area contributed by atoms with Gasteiger partial charge >= 0.3 is 0 Å². The molecule has 0 bridgehead atoms. The summed E-state index contributed by atoms with van der Waals surface area (Å²) in [5, 5.41) is 4.88. The molecule has 1 N–H and O–H groups in total. The maximum Gasteiger partial charge on any atom is 0.253 e. The Morgan fingerprint density at radius 2 is 1.80 bits per heavy atom. The molecule has 5 nitrogen and oxygen atoms in total. The first-order valence-electron chi connectivity index (χ1n) is 7.89. The van der Waals surface area contributed by atoms with Crippen LogP contribution in [0.2, 0.25) is 0 Å². The van der Waals surface area contributed by atoms with Gasteiger partial charge in [0, 0.05) is 23.9 Å². The van der Waals surface area contributed by atoms with Gasteiger partial charge in [-0.2, -0.15) is 0 Å². The first-order valence-corrected chi connectivity index (χ1v) is 7.89. The number of hydrogen-bond donors (Lipinski definition) is 1. The molecule has 1 heterocycles. The molecule has 2 aromatic carbocycles. The fourth-order valence-corrected chi connectivity index (χ4v) is 2.69. The maximum atomic E-state index is 12.5. The van der Waals surface area contributed by atoms with Gasteiger partial charge in [0.15, 0.2) is 0 Å². The van der Waals surface area contributed by atoms with E-state index in [2.05, 4.69) is 5.32 Å². The Balaban J connectivity index is 0.00000225. The van der Waals surface area contributed by atoms with Crippen molar-refractivity contribution in [2.24, 2.45) is 0 Å². The molecule has 3 aromatic rings. The minimum Gasteiger partial charge on any atom is -0.494 e. The Morgan fingerprint density at radius 3 is 2.48 bits per heavy atom. The maximum absolute atomic E-state index is 12.5. The van der Waals surface area contributed by atoms with Crippen molar-refractivity contribution in [2.75, 3.05) is 34.3 Å². The molecule has 0 saturated heterocycles. The van der Waals surface area contributed by atoms with Crippen LogP contribution < -0.4 is 10.1 Å². The van der Waals surface area contributed by atoms with Gasteiger partial charge in [-0.15, -0.1) is 12.4 Å². The van der Waals surface area contributed by atoms with Crippen molar-refractivity contribution in [3.05, 3.63) is 48.0 Å². The molecule has 1 amide bonds. The fraction of sp³-hybridized carbons (Fsp3) is 0.263. The van der Waals surface area contributed by atoms with Crippen LogP contribution in [0.5, 0.6) is 5.75 Å². The monoisotopic (exact) mass is 359 g/mol. The summed E-state index contributed by atoms with van der Waals surface area (Å²) in [4.78, 5) is 19.3. The van der Waals surface area contributed by atoms with E-state index >= 15 is 0 Å². The lowest BCUT2D eigenvalue weighted by Gasteiger charge is -2.12. The van der Waals surface area contributed by atoms with Gasteiger partial charge in [-0.05, 0) is 32.3 Å². The smallest absolute Gasteiger partial charge is 0.253 e. The highest BCUT2D eigenvalue weighted by atomic mass is 35.5. The van der Waals surface area contributed by atoms with E-state index in [4.69, 9.17) is 9.72 Å². The van der Waals surface area contributed by atoms with Crippen LogP contribution in [0.25, 0.3) is 21.8 Å². The van der Waals surface area contributed by atoms with Crippen molar-refractivity contribution in [1.29, 1.82) is 0 Å². The average molecular weight is 360 g/mol. The number of aromatic nitrogens is 1. The summed E-state index contributed by atoms with van der Waals surface area (Å²) in [7, 11) is 5.58. The van der Waals surface area contributed by atoms with Gasteiger partial charge in [0.05, 0.1) is 18.2 Å². The van der Waals surface area contributed by atoms with Crippen molar-refractivity contribution >= 4 is 40.1 Å². The molecule has 132 valence electrons. The summed E-state index contributed by atoms with van der Waals surface area (Å²) in [6, 6.07) is 13.5. The van der Waals surface area contributed by atoms with Gasteiger partial charge in [-0.25, -0.2) is 4.98 Å². The number of amides is 1. The third kappa shape index (κ3) is 4.00. The van der Waals surface area contributed by atoms with Gasteiger partial charge in [0.1, 0.15) is 11.3 Å². The summed E-state index contributed by atoms with van der Waals surface area (Å²) in [5.74, 6) is 0.599. The van der Waals surface area contributed by atoms with E-state index in [1.54, 1.807) is 7.11 Å². The lowest BCUT2D eigenvalue weighted by atomic mass is 10.1. The van der Waals surface area contributed by atoms with E-state index < -0.39 is 0 Å². The normalized spacial score (nSPS) is 10.7. The molecule has 0 aliphatic rings. The van der Waals surface area contributed by atoms with Crippen molar-refractivity contribution in [3.63, 3.8) is 0 Å². The second-order valence-corrected chi connectivity index (χ2v) is 5.96. The quantitative estimate of drug-likeness (QED) is 0.711. The van der Waals surface area contributed by atoms with E-state index in [0.29, 0.717) is 23.4 Å². The number of halogens is 1. The molecule has 0 spiro atoms. The topological polar surface area (TPSA) is 54.5 Å². The van der Waals surface area contributed by atoms with Crippen LogP contribution in [0, 0.1) is 0 Å². The van der Waals surface area contributed by atoms with Crippen molar-refractivity contribution in [1.82, 2.24) is 15.2 Å². The predicted molar refractivity (Wildman–Crippen MR) is 104 cm³/mol. The van der Waals surface area contributed by atoms with E-state index in [9.17, 15) is 4.79 Å². The van der Waals surface area contributed by atoms with Crippen LogP contribution >= 0.6 is 12.4 Å². The number of para-hydroxylation sites is 2. The van der Waals surface area contributed by atoms with Crippen LogP contribution in [0.3, 0.4) is 0 Å². The third-order valence-electron chi connectivity index (χ3n) is 3.94. The van der Waals surface area contributed by atoms with Crippen LogP contribution in [0.1, 0.15) is 10.4 Å². The Kier molecular flexibility index (Phi) is 6.17. The second-order valence-electron chi connectivity index (χ2n) is 5.96. The third-order valence-corrected chi connectivity index (χ3v) is 3.94. The Morgan fingerprint density at radius 1 is 1.12 bits per heavy atom. The van der Waals surface area contributed by atoms with Gasteiger partial charge in [-0.3, -0.25) is 4.79 Å². The first-order chi connectivity index (χ1) is 11.6. The zero-order chi connectivity index (χ0) is 17.1. The number of hydrogen-bond acceptors (Lipinski definition) is 4. The highest BCUT2D eigenvalue weighted by Gasteiger charge is 2.13. The number of carbonyl (C=O) groups is 1. The molecule has 1 aromatic heterocycles. The number of methoxy groups -OCH3 is 1. The summed E-state index contributed by atoms with van der Waals surface area (Å²) in [6.07, 6.45) is 0. The van der Waals surface area contributed by atoms with Crippen LogP contribution in [0.4, 0.5) is 0 Å². The van der Waals surface area contributed by atoms with E-state index in [-0.39, 0.29) is 18.3 Å². The van der Waals surface area contributed by atoms with E-state index in [0.717, 1.165) is 22.8 Å². The molecule has 0 saturated carbocycles. The number of rotatable bonds is 5. The molecule has 0 atom stereocenters. The van der Waals surface area contributed by atoms with Gasteiger partial charge in [0.25, 0.3) is 5.91 Å². The minimum atomic E-state index is -0.107. The molecule has 0 unspecified atom stereocenters. The molecule has 0 fully saturated rings. The largest absolute Gasteiger partial charge is 0.494 e. The molecule has 6 heteroatoms. The van der Waals surface area contributed by atoms with Gasteiger partial charge < -0.3 is 15.0 Å². The number of nitrogens with one attached hydrogen (secondary N) is 1. The standard InChI is InChI=1S/C19H21N3O2.ClH/c1-22(2)11-10-20-19(23)15-8-4-6-13-12-14-7-5-9-16(24-3)18(14)21-17(13)15;/h4-9,12H,10-11H2,1-3H3,(H,20,23);1H. The highest BCUT2D eigenvalue weighted by Crippen LogP contribution is 2.28. The van der Waals surface area contributed by atoms with Crippen LogP contribution in [-0.4, -0.2) is 50.1 Å². The fourth-order valence-electron chi connectivity index (χ4n) is 2.69. The number of nitrogens with zero attached hydrogens (tertiary/aromatic N) is 2. The number of ether oxygens (including phenoxy) is 1. The number of carbonyl (C=O) groups excluding carboxylic acids is 1. The first kappa shape index (κ1) is 19.0. The Labute approximate surface area is 153 Å². The number of fused-ring (bicyclic) bond motifs is 2. The van der Waals surface area contributed by atoms with Crippen LogP contribution in [0.15, 0.2) is 42.5 Å². The molecule has 25 heavy (non-hydrogen) atoms. The van der Waals surface area contributed by atoms with E-state index in [1.165, 1.54) is 0 Å². The van der Waals surface area contributed by atoms with E-state index in [1.807, 2.05) is 61.5 Å². The summed E-state index contributed by atoms with van der Waals surface area (Å²) in [5.41, 5.74) is 2.04. The minimum absolute atomic E-state index is 0. The van der Waals surface area contributed by atoms with Crippen molar-refractivity contribution < 1.29 is 9.53 Å². The molecule has 3 rings (SSSR count). The average Bonchev–Trinajstić information content (AvgIpc) is 2.58. The van der Waals surface area contributed by atoms with Crippen molar-refractivity contribution in [3.8, 4) is 5.75 Å².